The van der Waals surface area contributed by atoms with Crippen molar-refractivity contribution in [3.05, 3.63) is 35.4 Å². The molecule has 1 unspecified atom stereocenters. The minimum Gasteiger partial charge on any atom is -0.478 e. The first-order valence-corrected chi connectivity index (χ1v) is 7.17. The van der Waals surface area contributed by atoms with Gasteiger partial charge in [-0.2, -0.15) is 0 Å². The van der Waals surface area contributed by atoms with Gasteiger partial charge in [-0.1, -0.05) is 18.2 Å². The van der Waals surface area contributed by atoms with Crippen molar-refractivity contribution in [2.24, 2.45) is 5.92 Å². The van der Waals surface area contributed by atoms with Crippen LogP contribution in [0.2, 0.25) is 0 Å². The van der Waals surface area contributed by atoms with Crippen molar-refractivity contribution < 1.29 is 14.6 Å². The largest absolute Gasteiger partial charge is 0.478 e. The molecular formula is C16H23NO3. The third-order valence-corrected chi connectivity index (χ3v) is 4.08. The number of carboxylic acid groups (broad SMARTS) is 1. The van der Waals surface area contributed by atoms with Gasteiger partial charge in [0, 0.05) is 26.2 Å². The van der Waals surface area contributed by atoms with Gasteiger partial charge in [-0.05, 0) is 37.3 Å². The van der Waals surface area contributed by atoms with E-state index in [0.29, 0.717) is 24.8 Å². The fourth-order valence-corrected chi connectivity index (χ4v) is 2.60. The van der Waals surface area contributed by atoms with E-state index in [1.807, 2.05) is 12.1 Å². The Morgan fingerprint density at radius 1 is 1.45 bits per heavy atom. The Morgan fingerprint density at radius 2 is 2.15 bits per heavy atom. The number of carbonyl (C=O) groups is 1. The monoisotopic (exact) mass is 277 g/mol. The number of hydrogen-bond acceptors (Lipinski definition) is 3. The zero-order valence-corrected chi connectivity index (χ0v) is 12.2. The van der Waals surface area contributed by atoms with Crippen LogP contribution < -0.4 is 0 Å². The zero-order chi connectivity index (χ0) is 14.5. The van der Waals surface area contributed by atoms with E-state index in [0.717, 1.165) is 18.0 Å². The number of carboxylic acids is 1. The average Bonchev–Trinajstić information content (AvgIpc) is 3.27. The molecule has 4 heteroatoms. The molecule has 1 aromatic carbocycles. The van der Waals surface area contributed by atoms with Crippen molar-refractivity contribution in [2.45, 2.75) is 32.4 Å². The standard InChI is InChI=1S/C16H23NO3/c1-12(13-7-8-13)17(9-10-20-2)11-14-5-3-4-6-15(14)16(18)19/h3-6,12-13H,7-11H2,1-2H3,(H,18,19). The Labute approximate surface area is 120 Å². The van der Waals surface area contributed by atoms with E-state index in [1.165, 1.54) is 12.8 Å². The van der Waals surface area contributed by atoms with Crippen LogP contribution in [0.1, 0.15) is 35.7 Å². The molecule has 2 rings (SSSR count). The van der Waals surface area contributed by atoms with Crippen LogP contribution in [0.4, 0.5) is 0 Å². The highest BCUT2D eigenvalue weighted by Crippen LogP contribution is 2.35. The van der Waals surface area contributed by atoms with Gasteiger partial charge in [-0.25, -0.2) is 4.79 Å². The second-order valence-corrected chi connectivity index (χ2v) is 5.50. The Bertz CT molecular complexity index is 457. The van der Waals surface area contributed by atoms with Gasteiger partial charge in [0.2, 0.25) is 0 Å². The molecule has 0 bridgehead atoms. The molecule has 4 nitrogen and oxygen atoms in total. The maximum atomic E-state index is 11.3. The molecule has 1 atom stereocenters. The predicted octanol–water partition coefficient (Wildman–Crippen LogP) is 2.63. The van der Waals surface area contributed by atoms with Gasteiger partial charge in [0.1, 0.15) is 0 Å². The first-order chi connectivity index (χ1) is 9.63. The maximum absolute atomic E-state index is 11.3. The SMILES string of the molecule is COCCN(Cc1ccccc1C(=O)O)C(C)C1CC1. The minimum absolute atomic E-state index is 0.401. The number of hydrogen-bond donors (Lipinski definition) is 1. The first kappa shape index (κ1) is 15.0. The third kappa shape index (κ3) is 3.81. The lowest BCUT2D eigenvalue weighted by atomic mass is 10.1. The highest BCUT2D eigenvalue weighted by Gasteiger charge is 2.32. The van der Waals surface area contributed by atoms with Crippen LogP contribution in [0.3, 0.4) is 0 Å². The van der Waals surface area contributed by atoms with Gasteiger partial charge in [0.05, 0.1) is 12.2 Å². The summed E-state index contributed by atoms with van der Waals surface area (Å²) in [6.45, 7) is 4.41. The number of methoxy groups -OCH3 is 1. The number of ether oxygens (including phenoxy) is 1. The van der Waals surface area contributed by atoms with E-state index in [1.54, 1.807) is 19.2 Å². The molecule has 1 aromatic rings. The molecule has 110 valence electrons. The van der Waals surface area contributed by atoms with Crippen LogP contribution in [-0.4, -0.2) is 42.3 Å². The average molecular weight is 277 g/mol. The highest BCUT2D eigenvalue weighted by atomic mass is 16.5. The van der Waals surface area contributed by atoms with Gasteiger partial charge >= 0.3 is 5.97 Å². The second-order valence-electron chi connectivity index (χ2n) is 5.50. The summed E-state index contributed by atoms with van der Waals surface area (Å²) in [5, 5.41) is 9.27. The van der Waals surface area contributed by atoms with Gasteiger partial charge < -0.3 is 9.84 Å². The van der Waals surface area contributed by atoms with Crippen LogP contribution >= 0.6 is 0 Å². The van der Waals surface area contributed by atoms with Crippen molar-refractivity contribution in [2.75, 3.05) is 20.3 Å². The Morgan fingerprint density at radius 3 is 2.75 bits per heavy atom. The van der Waals surface area contributed by atoms with Crippen LogP contribution in [0.5, 0.6) is 0 Å². The lowest BCUT2D eigenvalue weighted by Crippen LogP contribution is -2.37. The molecule has 1 saturated carbocycles. The molecule has 0 spiro atoms. The normalized spacial score (nSPS) is 16.4. The van der Waals surface area contributed by atoms with E-state index >= 15 is 0 Å². The molecule has 1 aliphatic rings. The maximum Gasteiger partial charge on any atom is 0.336 e. The van der Waals surface area contributed by atoms with E-state index < -0.39 is 5.97 Å². The fourth-order valence-electron chi connectivity index (χ4n) is 2.60. The van der Waals surface area contributed by atoms with E-state index in [2.05, 4.69) is 11.8 Å². The number of rotatable bonds is 8. The Hall–Kier alpha value is -1.39. The number of benzene rings is 1. The molecule has 20 heavy (non-hydrogen) atoms. The molecule has 0 amide bonds. The first-order valence-electron chi connectivity index (χ1n) is 7.17. The Balaban J connectivity index is 2.11. The minimum atomic E-state index is -0.855. The van der Waals surface area contributed by atoms with Crippen molar-refractivity contribution in [1.29, 1.82) is 0 Å². The quantitative estimate of drug-likeness (QED) is 0.793. The summed E-state index contributed by atoms with van der Waals surface area (Å²) in [6, 6.07) is 7.73. The summed E-state index contributed by atoms with van der Waals surface area (Å²) in [5.74, 6) is -0.102. The zero-order valence-electron chi connectivity index (χ0n) is 12.2. The van der Waals surface area contributed by atoms with Crippen molar-refractivity contribution in [3.8, 4) is 0 Å². The molecule has 0 aromatic heterocycles. The summed E-state index contributed by atoms with van der Waals surface area (Å²) >= 11 is 0. The van der Waals surface area contributed by atoms with Crippen molar-refractivity contribution in [1.82, 2.24) is 4.90 Å². The van der Waals surface area contributed by atoms with Crippen molar-refractivity contribution in [3.63, 3.8) is 0 Å². The lowest BCUT2D eigenvalue weighted by Gasteiger charge is -2.29. The van der Waals surface area contributed by atoms with Gasteiger partial charge in [0.15, 0.2) is 0 Å². The van der Waals surface area contributed by atoms with Crippen LogP contribution in [-0.2, 0) is 11.3 Å². The summed E-state index contributed by atoms with van der Waals surface area (Å²) in [7, 11) is 1.70. The fraction of sp³-hybridized carbons (Fsp3) is 0.562. The van der Waals surface area contributed by atoms with Gasteiger partial charge in [0.25, 0.3) is 0 Å². The Kier molecular flexibility index (Phi) is 5.15. The van der Waals surface area contributed by atoms with Crippen LogP contribution in [0.25, 0.3) is 0 Å². The summed E-state index contributed by atoms with van der Waals surface area (Å²) in [6.07, 6.45) is 2.57. The number of aromatic carboxylic acids is 1. The topological polar surface area (TPSA) is 49.8 Å². The predicted molar refractivity (Wildman–Crippen MR) is 77.9 cm³/mol. The molecule has 0 radical (unpaired) electrons. The van der Waals surface area contributed by atoms with Crippen molar-refractivity contribution >= 4 is 5.97 Å². The molecule has 0 heterocycles. The molecular weight excluding hydrogens is 254 g/mol. The third-order valence-electron chi connectivity index (χ3n) is 4.08. The van der Waals surface area contributed by atoms with Gasteiger partial charge in [-0.15, -0.1) is 0 Å². The van der Waals surface area contributed by atoms with Crippen LogP contribution in [0, 0.1) is 5.92 Å². The summed E-state index contributed by atoms with van der Waals surface area (Å²) in [5.41, 5.74) is 1.28. The molecule has 1 aliphatic carbocycles. The van der Waals surface area contributed by atoms with E-state index in [4.69, 9.17) is 4.74 Å². The molecule has 1 fully saturated rings. The summed E-state index contributed by atoms with van der Waals surface area (Å²) < 4.78 is 5.18. The highest BCUT2D eigenvalue weighted by molar-refractivity contribution is 5.89. The van der Waals surface area contributed by atoms with Crippen LogP contribution in [0.15, 0.2) is 24.3 Å². The second kappa shape index (κ2) is 6.86. The smallest absolute Gasteiger partial charge is 0.336 e. The molecule has 0 aliphatic heterocycles. The van der Waals surface area contributed by atoms with E-state index in [9.17, 15) is 9.90 Å². The van der Waals surface area contributed by atoms with Gasteiger partial charge in [-0.3, -0.25) is 4.90 Å². The number of nitrogens with zero attached hydrogens (tertiary/aromatic N) is 1. The van der Waals surface area contributed by atoms with E-state index in [-0.39, 0.29) is 0 Å². The molecule has 1 N–H and O–H groups in total. The lowest BCUT2D eigenvalue weighted by molar-refractivity contribution is 0.0691. The molecule has 0 saturated heterocycles. The summed E-state index contributed by atoms with van der Waals surface area (Å²) in [4.78, 5) is 13.6.